The van der Waals surface area contributed by atoms with Crippen molar-refractivity contribution >= 4 is 68.4 Å². The molecular weight excluding hydrogens is 358 g/mol. The number of carbonyl (C=O) groups excluding carboxylic acids is 1. The quantitative estimate of drug-likeness (QED) is 0.416. The monoisotopic (exact) mass is 367 g/mol. The maximum Gasteiger partial charge on any atom is 0.250 e. The number of aromatic nitrogens is 1. The predicted molar refractivity (Wildman–Crippen MR) is 95.4 cm³/mol. The number of rotatable bonds is 5. The van der Waals surface area contributed by atoms with Gasteiger partial charge in [-0.3, -0.25) is 4.79 Å². The largest absolute Gasteiger partial charge is 0.272 e. The van der Waals surface area contributed by atoms with E-state index in [4.69, 9.17) is 11.6 Å². The second-order valence-corrected chi connectivity index (χ2v) is 8.17. The minimum atomic E-state index is -0.164. The van der Waals surface area contributed by atoms with Crippen LogP contribution in [0.3, 0.4) is 0 Å². The zero-order chi connectivity index (χ0) is 15.4. The molecule has 0 fully saturated rings. The van der Waals surface area contributed by atoms with Crippen LogP contribution in [0.5, 0.6) is 0 Å². The Morgan fingerprint density at radius 2 is 2.18 bits per heavy atom. The van der Waals surface area contributed by atoms with Gasteiger partial charge >= 0.3 is 0 Å². The molecule has 2 heterocycles. The van der Waals surface area contributed by atoms with Crippen LogP contribution in [0.15, 0.2) is 45.8 Å². The van der Waals surface area contributed by atoms with Crippen LogP contribution in [-0.4, -0.2) is 22.9 Å². The van der Waals surface area contributed by atoms with E-state index in [-0.39, 0.29) is 11.7 Å². The van der Waals surface area contributed by atoms with Gasteiger partial charge in [-0.2, -0.15) is 5.10 Å². The normalized spacial score (nSPS) is 11.3. The van der Waals surface area contributed by atoms with Gasteiger partial charge in [0.05, 0.1) is 26.5 Å². The number of nitrogens with one attached hydrogen (secondary N) is 1. The van der Waals surface area contributed by atoms with Gasteiger partial charge in [-0.1, -0.05) is 35.5 Å². The number of hydrogen-bond acceptors (Lipinski definition) is 6. The first-order valence-electron chi connectivity index (χ1n) is 6.26. The van der Waals surface area contributed by atoms with Crippen molar-refractivity contribution in [3.05, 3.63) is 45.6 Å². The Hall–Kier alpha value is -1.41. The van der Waals surface area contributed by atoms with E-state index in [0.29, 0.717) is 4.34 Å². The number of carbonyl (C=O) groups is 1. The van der Waals surface area contributed by atoms with Crippen LogP contribution >= 0.6 is 46.0 Å². The number of thiazole rings is 1. The first-order valence-corrected chi connectivity index (χ1v) is 9.26. The van der Waals surface area contributed by atoms with Crippen molar-refractivity contribution in [1.29, 1.82) is 0 Å². The van der Waals surface area contributed by atoms with Gasteiger partial charge in [0.15, 0.2) is 4.34 Å². The Labute approximate surface area is 144 Å². The smallest absolute Gasteiger partial charge is 0.250 e. The van der Waals surface area contributed by atoms with Gasteiger partial charge in [-0.15, -0.1) is 22.7 Å². The van der Waals surface area contributed by atoms with E-state index in [1.807, 2.05) is 30.3 Å². The van der Waals surface area contributed by atoms with Crippen LogP contribution in [0, 0.1) is 0 Å². The average molecular weight is 368 g/mol. The summed E-state index contributed by atoms with van der Waals surface area (Å²) in [6.45, 7) is 0. The highest BCUT2D eigenvalue weighted by atomic mass is 35.5. The van der Waals surface area contributed by atoms with E-state index >= 15 is 0 Å². The van der Waals surface area contributed by atoms with Gasteiger partial charge in [-0.05, 0) is 24.3 Å². The van der Waals surface area contributed by atoms with E-state index in [0.717, 1.165) is 19.4 Å². The molecule has 4 nitrogen and oxygen atoms in total. The molecular formula is C14H10ClN3OS3. The molecule has 0 spiro atoms. The third kappa shape index (κ3) is 4.07. The summed E-state index contributed by atoms with van der Waals surface area (Å²) < 4.78 is 2.70. The van der Waals surface area contributed by atoms with Crippen molar-refractivity contribution in [2.75, 3.05) is 5.75 Å². The number of hydrazone groups is 1. The van der Waals surface area contributed by atoms with Crippen molar-refractivity contribution in [3.8, 4) is 0 Å². The number of benzene rings is 1. The SMILES string of the molecule is O=C(CSc1nc2ccccc2s1)N/N=C/c1ccc(Cl)s1. The second-order valence-electron chi connectivity index (χ2n) is 4.17. The van der Waals surface area contributed by atoms with Crippen molar-refractivity contribution in [3.63, 3.8) is 0 Å². The lowest BCUT2D eigenvalue weighted by molar-refractivity contribution is -0.118. The summed E-state index contributed by atoms with van der Waals surface area (Å²) in [6, 6.07) is 11.6. The lowest BCUT2D eigenvalue weighted by Crippen LogP contribution is -2.19. The number of para-hydroxylation sites is 1. The fraction of sp³-hybridized carbons (Fsp3) is 0.0714. The van der Waals surface area contributed by atoms with Crippen LogP contribution in [0.2, 0.25) is 4.34 Å². The molecule has 1 aromatic carbocycles. The Bertz CT molecular complexity index is 794. The summed E-state index contributed by atoms with van der Waals surface area (Å²) in [4.78, 5) is 17.1. The Balaban J connectivity index is 1.50. The van der Waals surface area contributed by atoms with E-state index in [2.05, 4.69) is 15.5 Å². The number of fused-ring (bicyclic) bond motifs is 1. The van der Waals surface area contributed by atoms with Gasteiger partial charge in [0, 0.05) is 4.88 Å². The van der Waals surface area contributed by atoms with E-state index in [9.17, 15) is 4.79 Å². The van der Waals surface area contributed by atoms with Crippen molar-refractivity contribution in [2.24, 2.45) is 5.10 Å². The van der Waals surface area contributed by atoms with Gasteiger partial charge in [0.1, 0.15) is 0 Å². The highest BCUT2D eigenvalue weighted by molar-refractivity contribution is 8.01. The molecule has 0 aliphatic rings. The molecule has 0 saturated heterocycles. The van der Waals surface area contributed by atoms with Crippen LogP contribution < -0.4 is 5.43 Å². The first kappa shape index (κ1) is 15.5. The summed E-state index contributed by atoms with van der Waals surface area (Å²) in [5.74, 6) is 0.116. The zero-order valence-electron chi connectivity index (χ0n) is 11.2. The van der Waals surface area contributed by atoms with E-state index in [1.54, 1.807) is 23.6 Å². The molecule has 0 unspecified atom stereocenters. The van der Waals surface area contributed by atoms with E-state index in [1.165, 1.54) is 23.1 Å². The molecule has 0 aliphatic heterocycles. The maximum atomic E-state index is 11.7. The lowest BCUT2D eigenvalue weighted by Gasteiger charge is -1.96. The zero-order valence-corrected chi connectivity index (χ0v) is 14.4. The highest BCUT2D eigenvalue weighted by Crippen LogP contribution is 2.29. The molecule has 0 atom stereocenters. The predicted octanol–water partition coefficient (Wildman–Crippen LogP) is 4.25. The van der Waals surface area contributed by atoms with Crippen molar-refractivity contribution in [1.82, 2.24) is 10.4 Å². The Morgan fingerprint density at radius 1 is 1.32 bits per heavy atom. The molecule has 1 amide bonds. The summed E-state index contributed by atoms with van der Waals surface area (Å²) in [7, 11) is 0. The third-order valence-electron chi connectivity index (χ3n) is 2.58. The number of thiophene rings is 1. The molecule has 0 aliphatic carbocycles. The molecule has 8 heteroatoms. The number of hydrogen-bond donors (Lipinski definition) is 1. The number of nitrogens with zero attached hydrogens (tertiary/aromatic N) is 2. The van der Waals surface area contributed by atoms with Crippen molar-refractivity contribution < 1.29 is 4.79 Å². The number of thioether (sulfide) groups is 1. The molecule has 2 aromatic heterocycles. The minimum absolute atomic E-state index is 0.164. The van der Waals surface area contributed by atoms with Crippen LogP contribution in [-0.2, 0) is 4.79 Å². The summed E-state index contributed by atoms with van der Waals surface area (Å²) in [5.41, 5.74) is 3.46. The molecule has 3 aromatic rings. The fourth-order valence-electron chi connectivity index (χ4n) is 1.64. The molecule has 0 saturated carbocycles. The summed E-state index contributed by atoms with van der Waals surface area (Å²) >= 11 is 10.2. The second kappa shape index (κ2) is 7.23. The number of halogens is 1. The topological polar surface area (TPSA) is 54.4 Å². The molecule has 0 bridgehead atoms. The van der Waals surface area contributed by atoms with Crippen LogP contribution in [0.25, 0.3) is 10.2 Å². The van der Waals surface area contributed by atoms with Gasteiger partial charge in [0.2, 0.25) is 0 Å². The van der Waals surface area contributed by atoms with Gasteiger partial charge < -0.3 is 0 Å². The van der Waals surface area contributed by atoms with E-state index < -0.39 is 0 Å². The molecule has 1 N–H and O–H groups in total. The van der Waals surface area contributed by atoms with Gasteiger partial charge in [-0.25, -0.2) is 10.4 Å². The van der Waals surface area contributed by atoms with Crippen LogP contribution in [0.4, 0.5) is 0 Å². The third-order valence-corrected chi connectivity index (χ3v) is 5.92. The standard InChI is InChI=1S/C14H10ClN3OS3/c15-12-6-5-9(21-12)7-16-18-13(19)8-20-14-17-10-3-1-2-4-11(10)22-14/h1-7H,8H2,(H,18,19)/b16-7+. The Kier molecular flexibility index (Phi) is 5.09. The number of amides is 1. The van der Waals surface area contributed by atoms with Crippen LogP contribution in [0.1, 0.15) is 4.88 Å². The fourth-order valence-corrected chi connectivity index (χ4v) is 4.43. The average Bonchev–Trinajstić information content (AvgIpc) is 3.11. The first-order chi connectivity index (χ1) is 10.7. The summed E-state index contributed by atoms with van der Waals surface area (Å²) in [5, 5.41) is 3.91. The Morgan fingerprint density at radius 3 is 2.95 bits per heavy atom. The minimum Gasteiger partial charge on any atom is -0.272 e. The molecule has 0 radical (unpaired) electrons. The lowest BCUT2D eigenvalue weighted by atomic mass is 10.3. The van der Waals surface area contributed by atoms with Crippen molar-refractivity contribution in [2.45, 2.75) is 4.34 Å². The molecule has 22 heavy (non-hydrogen) atoms. The highest BCUT2D eigenvalue weighted by Gasteiger charge is 2.06. The molecule has 112 valence electrons. The summed E-state index contributed by atoms with van der Waals surface area (Å²) in [6.07, 6.45) is 1.58. The maximum absolute atomic E-state index is 11.7. The molecule has 3 rings (SSSR count). The van der Waals surface area contributed by atoms with Gasteiger partial charge in [0.25, 0.3) is 5.91 Å².